The number of hydrogen-bond acceptors (Lipinski definition) is 1. The van der Waals surface area contributed by atoms with Gasteiger partial charge in [0.1, 0.15) is 5.75 Å². The lowest BCUT2D eigenvalue weighted by Gasteiger charge is -2.07. The molecule has 17 heavy (non-hydrogen) atoms. The van der Waals surface area contributed by atoms with Gasteiger partial charge in [-0.3, -0.25) is 0 Å². The van der Waals surface area contributed by atoms with Crippen LogP contribution in [0.4, 0.5) is 0 Å². The Morgan fingerprint density at radius 3 is 2.35 bits per heavy atom. The second-order valence-corrected chi connectivity index (χ2v) is 4.60. The Kier molecular flexibility index (Phi) is 2.60. The van der Waals surface area contributed by atoms with Gasteiger partial charge in [-0.2, -0.15) is 0 Å². The third kappa shape index (κ3) is 1.93. The Hall–Kier alpha value is -1.76. The van der Waals surface area contributed by atoms with Gasteiger partial charge >= 0.3 is 0 Å². The molecule has 2 aromatic rings. The third-order valence-corrected chi connectivity index (χ3v) is 3.56. The molecule has 0 aromatic heterocycles. The van der Waals surface area contributed by atoms with Gasteiger partial charge in [0.25, 0.3) is 0 Å². The first kappa shape index (κ1) is 10.4. The lowest BCUT2D eigenvalue weighted by Crippen LogP contribution is -1.90. The summed E-state index contributed by atoms with van der Waals surface area (Å²) in [5, 5.41) is 0. The largest absolute Gasteiger partial charge is 0.496 e. The molecule has 0 spiro atoms. The zero-order chi connectivity index (χ0) is 11.7. The van der Waals surface area contributed by atoms with E-state index in [4.69, 9.17) is 4.74 Å². The normalized spacial score (nSPS) is 22.2. The molecule has 0 saturated heterocycles. The van der Waals surface area contributed by atoms with E-state index in [1.54, 1.807) is 7.11 Å². The van der Waals surface area contributed by atoms with Gasteiger partial charge in [0, 0.05) is 0 Å². The summed E-state index contributed by atoms with van der Waals surface area (Å²) >= 11 is 0. The summed E-state index contributed by atoms with van der Waals surface area (Å²) in [7, 11) is 1.75. The Balaban J connectivity index is 1.85. The molecule has 3 rings (SSSR count). The predicted octanol–water partition coefficient (Wildman–Crippen LogP) is 3.97. The van der Waals surface area contributed by atoms with E-state index >= 15 is 0 Å². The number of methoxy groups -OCH3 is 1. The van der Waals surface area contributed by atoms with Crippen molar-refractivity contribution in [1.82, 2.24) is 0 Å². The monoisotopic (exact) mass is 224 g/mol. The number of benzene rings is 2. The summed E-state index contributed by atoms with van der Waals surface area (Å²) in [6.45, 7) is 0. The van der Waals surface area contributed by atoms with Crippen molar-refractivity contribution in [1.29, 1.82) is 0 Å². The third-order valence-electron chi connectivity index (χ3n) is 3.56. The lowest BCUT2D eigenvalue weighted by atomic mass is 10.0. The molecular formula is C16H16O. The quantitative estimate of drug-likeness (QED) is 0.766. The van der Waals surface area contributed by atoms with Gasteiger partial charge in [-0.1, -0.05) is 48.5 Å². The van der Waals surface area contributed by atoms with Gasteiger partial charge in [-0.05, 0) is 35.4 Å². The average Bonchev–Trinajstić information content (AvgIpc) is 3.20. The second kappa shape index (κ2) is 4.25. The van der Waals surface area contributed by atoms with Gasteiger partial charge in [0.05, 0.1) is 7.11 Å². The van der Waals surface area contributed by atoms with Gasteiger partial charge in [-0.25, -0.2) is 0 Å². The number of para-hydroxylation sites is 1. The van der Waals surface area contributed by atoms with Crippen LogP contribution in [-0.2, 0) is 0 Å². The van der Waals surface area contributed by atoms with Crippen LogP contribution in [0.2, 0.25) is 0 Å². The fraction of sp³-hybridized carbons (Fsp3) is 0.250. The van der Waals surface area contributed by atoms with Crippen LogP contribution in [0.15, 0.2) is 54.6 Å². The van der Waals surface area contributed by atoms with Crippen LogP contribution < -0.4 is 4.74 Å². The molecular weight excluding hydrogens is 208 g/mol. The van der Waals surface area contributed by atoms with E-state index in [1.165, 1.54) is 17.5 Å². The van der Waals surface area contributed by atoms with Gasteiger partial charge in [0.2, 0.25) is 0 Å². The van der Waals surface area contributed by atoms with Crippen LogP contribution in [-0.4, -0.2) is 7.11 Å². The minimum atomic E-state index is 0.633. The molecule has 0 aliphatic heterocycles. The van der Waals surface area contributed by atoms with Gasteiger partial charge in [-0.15, -0.1) is 0 Å². The first-order chi connectivity index (χ1) is 8.40. The molecule has 2 atom stereocenters. The molecule has 0 radical (unpaired) electrons. The molecule has 1 saturated carbocycles. The Labute approximate surface area is 102 Å². The Morgan fingerprint density at radius 1 is 0.882 bits per heavy atom. The summed E-state index contributed by atoms with van der Waals surface area (Å²) in [5.74, 6) is 2.33. The molecule has 2 aromatic carbocycles. The lowest BCUT2D eigenvalue weighted by molar-refractivity contribution is 0.409. The Bertz CT molecular complexity index is 504. The van der Waals surface area contributed by atoms with Crippen molar-refractivity contribution in [3.05, 3.63) is 65.7 Å². The van der Waals surface area contributed by atoms with E-state index in [0.29, 0.717) is 11.8 Å². The van der Waals surface area contributed by atoms with Crippen LogP contribution in [0.3, 0.4) is 0 Å². The highest BCUT2D eigenvalue weighted by Gasteiger charge is 2.40. The summed E-state index contributed by atoms with van der Waals surface area (Å²) in [6.07, 6.45) is 1.24. The van der Waals surface area contributed by atoms with E-state index in [1.807, 2.05) is 6.07 Å². The van der Waals surface area contributed by atoms with Crippen LogP contribution in [0.25, 0.3) is 0 Å². The number of hydrogen-bond donors (Lipinski definition) is 0. The molecule has 1 nitrogen and oxygen atoms in total. The average molecular weight is 224 g/mol. The number of ether oxygens (including phenoxy) is 1. The molecule has 1 fully saturated rings. The fourth-order valence-electron chi connectivity index (χ4n) is 2.58. The summed E-state index contributed by atoms with van der Waals surface area (Å²) in [4.78, 5) is 0. The number of rotatable bonds is 3. The molecule has 1 aliphatic carbocycles. The SMILES string of the molecule is COc1ccccc1[C@@H]1C[C@H]1c1ccccc1. The standard InChI is InChI=1S/C16H16O/c1-17-16-10-6-5-9-13(16)15-11-14(15)12-7-3-2-4-8-12/h2-10,14-15H,11H2,1H3/t14-,15-/m0/s1. The van der Waals surface area contributed by atoms with Gasteiger partial charge in [0.15, 0.2) is 0 Å². The van der Waals surface area contributed by atoms with Crippen molar-refractivity contribution in [3.8, 4) is 5.75 Å². The maximum absolute atomic E-state index is 5.43. The van der Waals surface area contributed by atoms with Crippen LogP contribution in [0.1, 0.15) is 29.4 Å². The zero-order valence-electron chi connectivity index (χ0n) is 9.97. The van der Waals surface area contributed by atoms with E-state index in [-0.39, 0.29) is 0 Å². The summed E-state index contributed by atoms with van der Waals surface area (Å²) in [5.41, 5.74) is 2.80. The van der Waals surface area contributed by atoms with E-state index in [0.717, 1.165) is 5.75 Å². The van der Waals surface area contributed by atoms with Crippen LogP contribution >= 0.6 is 0 Å². The minimum absolute atomic E-state index is 0.633. The molecule has 0 heterocycles. The van der Waals surface area contributed by atoms with E-state index in [2.05, 4.69) is 48.5 Å². The van der Waals surface area contributed by atoms with Crippen molar-refractivity contribution >= 4 is 0 Å². The van der Waals surface area contributed by atoms with Gasteiger partial charge < -0.3 is 4.74 Å². The fourth-order valence-corrected chi connectivity index (χ4v) is 2.58. The first-order valence-electron chi connectivity index (χ1n) is 6.08. The van der Waals surface area contributed by atoms with Crippen molar-refractivity contribution in [2.75, 3.05) is 7.11 Å². The molecule has 0 unspecified atom stereocenters. The first-order valence-corrected chi connectivity index (χ1v) is 6.08. The maximum atomic E-state index is 5.43. The van der Waals surface area contributed by atoms with Crippen molar-refractivity contribution in [2.24, 2.45) is 0 Å². The zero-order valence-corrected chi connectivity index (χ0v) is 9.97. The second-order valence-electron chi connectivity index (χ2n) is 4.60. The van der Waals surface area contributed by atoms with E-state index in [9.17, 15) is 0 Å². The van der Waals surface area contributed by atoms with Crippen molar-refractivity contribution < 1.29 is 4.74 Å². The highest BCUT2D eigenvalue weighted by atomic mass is 16.5. The summed E-state index contributed by atoms with van der Waals surface area (Å²) < 4.78 is 5.43. The molecule has 1 aliphatic rings. The topological polar surface area (TPSA) is 9.23 Å². The highest BCUT2D eigenvalue weighted by Crippen LogP contribution is 2.56. The minimum Gasteiger partial charge on any atom is -0.496 e. The highest BCUT2D eigenvalue weighted by molar-refractivity contribution is 5.44. The predicted molar refractivity (Wildman–Crippen MR) is 69.5 cm³/mol. The molecule has 86 valence electrons. The van der Waals surface area contributed by atoms with Crippen molar-refractivity contribution in [2.45, 2.75) is 18.3 Å². The molecule has 0 bridgehead atoms. The maximum Gasteiger partial charge on any atom is 0.122 e. The Morgan fingerprint density at radius 2 is 1.59 bits per heavy atom. The smallest absolute Gasteiger partial charge is 0.122 e. The van der Waals surface area contributed by atoms with Crippen LogP contribution in [0.5, 0.6) is 5.75 Å². The summed E-state index contributed by atoms with van der Waals surface area (Å²) in [6, 6.07) is 19.1. The molecule has 0 amide bonds. The van der Waals surface area contributed by atoms with Crippen molar-refractivity contribution in [3.63, 3.8) is 0 Å². The van der Waals surface area contributed by atoms with E-state index < -0.39 is 0 Å². The van der Waals surface area contributed by atoms with Crippen LogP contribution in [0, 0.1) is 0 Å². The molecule has 0 N–H and O–H groups in total. The molecule has 1 heteroatoms.